The fourth-order valence-corrected chi connectivity index (χ4v) is 3.48. The van der Waals surface area contributed by atoms with Crippen LogP contribution in [-0.4, -0.2) is 67.0 Å². The zero-order valence-corrected chi connectivity index (χ0v) is 15.0. The lowest BCUT2D eigenvalue weighted by atomic mass is 10.1. The molecule has 0 unspecified atom stereocenters. The van der Waals surface area contributed by atoms with Gasteiger partial charge in [-0.1, -0.05) is 6.92 Å². The van der Waals surface area contributed by atoms with Gasteiger partial charge in [-0.25, -0.2) is 0 Å². The minimum Gasteiger partial charge on any atom is -0.358 e. The quantitative estimate of drug-likeness (QED) is 0.883. The Morgan fingerprint density at radius 3 is 2.71 bits per heavy atom. The molecule has 1 aliphatic heterocycles. The molecule has 3 rings (SSSR count). The van der Waals surface area contributed by atoms with Gasteiger partial charge < -0.3 is 15.2 Å². The van der Waals surface area contributed by atoms with Gasteiger partial charge in [0.2, 0.25) is 0 Å². The van der Waals surface area contributed by atoms with Crippen LogP contribution < -0.4 is 5.32 Å². The third-order valence-electron chi connectivity index (χ3n) is 5.04. The van der Waals surface area contributed by atoms with E-state index >= 15 is 0 Å². The highest BCUT2D eigenvalue weighted by molar-refractivity contribution is 5.99. The van der Waals surface area contributed by atoms with Crippen LogP contribution in [0.25, 0.3) is 10.9 Å². The van der Waals surface area contributed by atoms with E-state index in [0.717, 1.165) is 50.2 Å². The van der Waals surface area contributed by atoms with Gasteiger partial charge in [-0.05, 0) is 44.2 Å². The molecule has 5 nitrogen and oxygen atoms in total. The molecule has 0 aliphatic carbocycles. The first kappa shape index (κ1) is 17.0. The van der Waals surface area contributed by atoms with E-state index in [9.17, 15) is 4.79 Å². The molecule has 0 spiro atoms. The topological polar surface area (TPSA) is 51.4 Å². The number of benzene rings is 1. The highest BCUT2D eigenvalue weighted by Gasteiger charge is 2.14. The summed E-state index contributed by atoms with van der Waals surface area (Å²) in [4.78, 5) is 20.6. The lowest BCUT2D eigenvalue weighted by molar-refractivity contribution is 0.0941. The van der Waals surface area contributed by atoms with Crippen LogP contribution in [0.4, 0.5) is 0 Å². The Balaban J connectivity index is 1.59. The number of hydrogen-bond acceptors (Lipinski definition) is 3. The second-order valence-electron chi connectivity index (χ2n) is 6.74. The molecule has 0 radical (unpaired) electrons. The standard InChI is InChI=1S/C19H28N4O/c1-4-16-14(2)21-18-6-5-15(13-17(16)18)19(24)20-7-8-23-11-9-22(3)10-12-23/h5-6,13,21H,4,7-12H2,1-3H3,(H,20,24). The molecule has 1 aromatic carbocycles. The summed E-state index contributed by atoms with van der Waals surface area (Å²) in [5.41, 5.74) is 4.35. The molecule has 0 bridgehead atoms. The van der Waals surface area contributed by atoms with Crippen molar-refractivity contribution in [2.24, 2.45) is 0 Å². The first-order valence-corrected chi connectivity index (χ1v) is 8.88. The molecule has 1 amide bonds. The number of rotatable bonds is 5. The van der Waals surface area contributed by atoms with Crippen molar-refractivity contribution >= 4 is 16.8 Å². The van der Waals surface area contributed by atoms with Crippen LogP contribution in [0, 0.1) is 6.92 Å². The van der Waals surface area contributed by atoms with Crippen LogP contribution in [0.5, 0.6) is 0 Å². The molecule has 1 fully saturated rings. The Labute approximate surface area is 144 Å². The van der Waals surface area contributed by atoms with E-state index in [0.29, 0.717) is 6.54 Å². The van der Waals surface area contributed by atoms with E-state index in [-0.39, 0.29) is 5.91 Å². The van der Waals surface area contributed by atoms with E-state index in [1.165, 1.54) is 16.6 Å². The summed E-state index contributed by atoms with van der Waals surface area (Å²) in [5, 5.41) is 4.23. The molecule has 0 saturated carbocycles. The molecule has 0 atom stereocenters. The summed E-state index contributed by atoms with van der Waals surface area (Å²) < 4.78 is 0. The Hall–Kier alpha value is -1.85. The second-order valence-corrected chi connectivity index (χ2v) is 6.74. The molecule has 5 heteroatoms. The number of nitrogens with one attached hydrogen (secondary N) is 2. The maximum Gasteiger partial charge on any atom is 0.251 e. The van der Waals surface area contributed by atoms with Crippen LogP contribution in [0.3, 0.4) is 0 Å². The number of carbonyl (C=O) groups is 1. The Morgan fingerprint density at radius 1 is 1.25 bits per heavy atom. The summed E-state index contributed by atoms with van der Waals surface area (Å²) in [7, 11) is 2.16. The van der Waals surface area contributed by atoms with E-state index in [1.807, 2.05) is 18.2 Å². The van der Waals surface area contributed by atoms with E-state index in [4.69, 9.17) is 0 Å². The zero-order valence-electron chi connectivity index (χ0n) is 15.0. The fraction of sp³-hybridized carbons (Fsp3) is 0.526. The zero-order chi connectivity index (χ0) is 17.1. The van der Waals surface area contributed by atoms with Gasteiger partial charge in [-0.3, -0.25) is 9.69 Å². The molecule has 2 heterocycles. The van der Waals surface area contributed by atoms with Crippen molar-refractivity contribution in [1.29, 1.82) is 0 Å². The van der Waals surface area contributed by atoms with E-state index < -0.39 is 0 Å². The van der Waals surface area contributed by atoms with Gasteiger partial charge in [0, 0.05) is 61.4 Å². The highest BCUT2D eigenvalue weighted by atomic mass is 16.1. The van der Waals surface area contributed by atoms with Crippen molar-refractivity contribution in [1.82, 2.24) is 20.1 Å². The number of H-pyrrole nitrogens is 1. The van der Waals surface area contributed by atoms with Crippen molar-refractivity contribution in [2.45, 2.75) is 20.3 Å². The monoisotopic (exact) mass is 328 g/mol. The van der Waals surface area contributed by atoms with Crippen LogP contribution in [0.15, 0.2) is 18.2 Å². The van der Waals surface area contributed by atoms with Gasteiger partial charge >= 0.3 is 0 Å². The SMILES string of the molecule is CCc1c(C)[nH]c2ccc(C(=O)NCCN3CCN(C)CC3)cc12. The predicted molar refractivity (Wildman–Crippen MR) is 98.7 cm³/mol. The molecule has 1 aliphatic rings. The van der Waals surface area contributed by atoms with Crippen LogP contribution in [0.2, 0.25) is 0 Å². The maximum absolute atomic E-state index is 12.4. The number of aromatic nitrogens is 1. The van der Waals surface area contributed by atoms with Crippen molar-refractivity contribution in [2.75, 3.05) is 46.3 Å². The number of likely N-dealkylation sites (N-methyl/N-ethyl adjacent to an activating group) is 1. The minimum absolute atomic E-state index is 0.0203. The number of aromatic amines is 1. The molecular formula is C19H28N4O. The molecule has 1 aromatic heterocycles. The Kier molecular flexibility index (Phi) is 5.21. The van der Waals surface area contributed by atoms with Crippen LogP contribution in [-0.2, 0) is 6.42 Å². The Morgan fingerprint density at radius 2 is 2.00 bits per heavy atom. The number of fused-ring (bicyclic) bond motifs is 1. The maximum atomic E-state index is 12.4. The lowest BCUT2D eigenvalue weighted by Gasteiger charge is -2.32. The van der Waals surface area contributed by atoms with Crippen molar-refractivity contribution < 1.29 is 4.79 Å². The number of aryl methyl sites for hydroxylation is 2. The number of nitrogens with zero attached hydrogens (tertiary/aromatic N) is 2. The van der Waals surface area contributed by atoms with Gasteiger partial charge in [0.25, 0.3) is 5.91 Å². The fourth-order valence-electron chi connectivity index (χ4n) is 3.48. The van der Waals surface area contributed by atoms with Crippen molar-refractivity contribution in [3.05, 3.63) is 35.0 Å². The van der Waals surface area contributed by atoms with E-state index in [2.05, 4.69) is 41.0 Å². The van der Waals surface area contributed by atoms with Gasteiger partial charge in [0.05, 0.1) is 0 Å². The number of hydrogen-bond donors (Lipinski definition) is 2. The average molecular weight is 328 g/mol. The summed E-state index contributed by atoms with van der Waals surface area (Å²) >= 11 is 0. The third-order valence-corrected chi connectivity index (χ3v) is 5.04. The number of amides is 1. The molecular weight excluding hydrogens is 300 g/mol. The van der Waals surface area contributed by atoms with Gasteiger partial charge in [0.15, 0.2) is 0 Å². The normalized spacial score (nSPS) is 16.6. The smallest absolute Gasteiger partial charge is 0.251 e. The number of piperazine rings is 1. The third kappa shape index (κ3) is 3.62. The van der Waals surface area contributed by atoms with Gasteiger partial charge in [0.1, 0.15) is 0 Å². The predicted octanol–water partition coefficient (Wildman–Crippen LogP) is 2.02. The van der Waals surface area contributed by atoms with Crippen LogP contribution >= 0.6 is 0 Å². The first-order chi connectivity index (χ1) is 11.6. The van der Waals surface area contributed by atoms with Crippen molar-refractivity contribution in [3.8, 4) is 0 Å². The molecule has 1 saturated heterocycles. The summed E-state index contributed by atoms with van der Waals surface area (Å²) in [6.07, 6.45) is 0.973. The number of carbonyl (C=O) groups excluding carboxylic acids is 1. The summed E-state index contributed by atoms with van der Waals surface area (Å²) in [5.74, 6) is 0.0203. The largest absolute Gasteiger partial charge is 0.358 e. The van der Waals surface area contributed by atoms with E-state index in [1.54, 1.807) is 0 Å². The summed E-state index contributed by atoms with van der Waals surface area (Å²) in [6, 6.07) is 5.93. The van der Waals surface area contributed by atoms with Gasteiger partial charge in [-0.15, -0.1) is 0 Å². The highest BCUT2D eigenvalue weighted by Crippen LogP contribution is 2.23. The second kappa shape index (κ2) is 7.36. The molecule has 24 heavy (non-hydrogen) atoms. The van der Waals surface area contributed by atoms with Crippen molar-refractivity contribution in [3.63, 3.8) is 0 Å². The first-order valence-electron chi connectivity index (χ1n) is 8.88. The Bertz CT molecular complexity index is 713. The minimum atomic E-state index is 0.0203. The molecule has 2 aromatic rings. The lowest BCUT2D eigenvalue weighted by Crippen LogP contribution is -2.46. The summed E-state index contributed by atoms with van der Waals surface area (Å²) in [6.45, 7) is 10.3. The van der Waals surface area contributed by atoms with Gasteiger partial charge in [-0.2, -0.15) is 0 Å². The molecule has 130 valence electrons. The average Bonchev–Trinajstić information content (AvgIpc) is 2.90. The van der Waals surface area contributed by atoms with Crippen LogP contribution in [0.1, 0.15) is 28.5 Å². The molecule has 2 N–H and O–H groups in total.